The van der Waals surface area contributed by atoms with Crippen molar-refractivity contribution in [3.8, 4) is 11.5 Å². The lowest BCUT2D eigenvalue weighted by Gasteiger charge is -1.96. The van der Waals surface area contributed by atoms with E-state index in [-0.39, 0.29) is 0 Å². The molecule has 0 fully saturated rings. The van der Waals surface area contributed by atoms with Crippen LogP contribution in [0.15, 0.2) is 22.9 Å². The van der Waals surface area contributed by atoms with Gasteiger partial charge in [0.25, 0.3) is 5.89 Å². The van der Waals surface area contributed by atoms with Gasteiger partial charge >= 0.3 is 0 Å². The topological polar surface area (TPSA) is 69.1 Å². The van der Waals surface area contributed by atoms with Crippen LogP contribution in [0.4, 0.5) is 0 Å². The summed E-state index contributed by atoms with van der Waals surface area (Å²) in [5.74, 6) is 1.97. The van der Waals surface area contributed by atoms with Gasteiger partial charge in [0.2, 0.25) is 0 Å². The molecule has 0 spiro atoms. The fraction of sp³-hybridized carbons (Fsp3) is 0.200. The van der Waals surface area contributed by atoms with E-state index in [0.717, 1.165) is 17.0 Å². The van der Waals surface area contributed by atoms with Gasteiger partial charge in [-0.15, -0.1) is 10.2 Å². The Bertz CT molecular complexity index is 654. The summed E-state index contributed by atoms with van der Waals surface area (Å²) < 4.78 is 6.98. The molecule has 0 radical (unpaired) electrons. The fourth-order valence-corrected chi connectivity index (χ4v) is 1.56. The van der Waals surface area contributed by atoms with Crippen LogP contribution in [0.25, 0.3) is 17.1 Å². The first-order chi connectivity index (χ1) is 7.74. The van der Waals surface area contributed by atoms with Gasteiger partial charge in [0.05, 0.1) is 0 Å². The van der Waals surface area contributed by atoms with Gasteiger partial charge in [0.15, 0.2) is 11.5 Å². The second-order valence-corrected chi connectivity index (χ2v) is 3.54. The van der Waals surface area contributed by atoms with E-state index in [0.29, 0.717) is 11.7 Å². The van der Waals surface area contributed by atoms with Gasteiger partial charge in [0.1, 0.15) is 5.82 Å². The van der Waals surface area contributed by atoms with Gasteiger partial charge in [-0.3, -0.25) is 4.40 Å². The van der Waals surface area contributed by atoms with E-state index in [1.165, 1.54) is 0 Å². The van der Waals surface area contributed by atoms with Gasteiger partial charge in [-0.1, -0.05) is 5.16 Å². The van der Waals surface area contributed by atoms with Crippen LogP contribution in [0.3, 0.4) is 0 Å². The number of rotatable bonds is 1. The van der Waals surface area contributed by atoms with Gasteiger partial charge in [-0.25, -0.2) is 0 Å². The first-order valence-electron chi connectivity index (χ1n) is 4.86. The minimum atomic E-state index is 0.501. The van der Waals surface area contributed by atoms with E-state index >= 15 is 0 Å². The quantitative estimate of drug-likeness (QED) is 0.613. The fourth-order valence-electron chi connectivity index (χ4n) is 1.56. The molecule has 0 N–H and O–H groups in total. The largest absolute Gasteiger partial charge is 0.334 e. The molecule has 0 aliphatic carbocycles. The van der Waals surface area contributed by atoms with Crippen molar-refractivity contribution >= 4 is 5.65 Å². The van der Waals surface area contributed by atoms with Gasteiger partial charge in [-0.2, -0.15) is 4.98 Å². The maximum Gasteiger partial charge on any atom is 0.258 e. The van der Waals surface area contributed by atoms with E-state index < -0.39 is 0 Å². The lowest BCUT2D eigenvalue weighted by molar-refractivity contribution is 0.425. The first-order valence-corrected chi connectivity index (χ1v) is 4.86. The molecule has 0 saturated heterocycles. The van der Waals surface area contributed by atoms with Crippen molar-refractivity contribution in [1.82, 2.24) is 24.7 Å². The van der Waals surface area contributed by atoms with Gasteiger partial charge in [-0.05, 0) is 26.0 Å². The predicted molar refractivity (Wildman–Crippen MR) is 55.8 cm³/mol. The minimum Gasteiger partial charge on any atom is -0.334 e. The van der Waals surface area contributed by atoms with Crippen molar-refractivity contribution in [2.45, 2.75) is 13.8 Å². The molecular weight excluding hydrogens is 206 g/mol. The van der Waals surface area contributed by atoms with Crippen LogP contribution in [-0.4, -0.2) is 24.7 Å². The minimum absolute atomic E-state index is 0.501. The highest BCUT2D eigenvalue weighted by atomic mass is 16.5. The Morgan fingerprint density at radius 1 is 1.25 bits per heavy atom. The molecule has 3 rings (SSSR count). The Morgan fingerprint density at radius 3 is 2.88 bits per heavy atom. The lowest BCUT2D eigenvalue weighted by atomic mass is 10.2. The highest BCUT2D eigenvalue weighted by molar-refractivity contribution is 5.59. The standard InChI is InChI=1S/C10H9N5O/c1-6-11-10(16-14-6)8-3-4-15-7(2)12-13-9(15)5-8/h3-5H,1-2H3. The van der Waals surface area contributed by atoms with E-state index in [9.17, 15) is 0 Å². The Balaban J connectivity index is 2.18. The monoisotopic (exact) mass is 215 g/mol. The number of aromatic nitrogens is 5. The molecule has 0 amide bonds. The van der Waals surface area contributed by atoms with Crippen LogP contribution in [0, 0.1) is 13.8 Å². The van der Waals surface area contributed by atoms with Crippen molar-refractivity contribution in [3.63, 3.8) is 0 Å². The van der Waals surface area contributed by atoms with E-state index in [1.807, 2.05) is 29.7 Å². The molecule has 3 heterocycles. The average Bonchev–Trinajstić information content (AvgIpc) is 2.86. The zero-order valence-corrected chi connectivity index (χ0v) is 8.88. The molecular formula is C10H9N5O. The molecule has 0 aliphatic heterocycles. The maximum atomic E-state index is 5.09. The molecule has 6 heteroatoms. The zero-order chi connectivity index (χ0) is 11.1. The summed E-state index contributed by atoms with van der Waals surface area (Å²) in [6, 6.07) is 3.77. The van der Waals surface area contributed by atoms with Gasteiger partial charge in [0, 0.05) is 11.8 Å². The van der Waals surface area contributed by atoms with Crippen LogP contribution in [0.2, 0.25) is 0 Å². The second kappa shape index (κ2) is 3.13. The Labute approximate surface area is 90.9 Å². The van der Waals surface area contributed by atoms with Gasteiger partial charge < -0.3 is 4.52 Å². The van der Waals surface area contributed by atoms with E-state index in [2.05, 4.69) is 20.3 Å². The first kappa shape index (κ1) is 9.02. The number of aryl methyl sites for hydroxylation is 2. The Kier molecular flexibility index (Phi) is 1.76. The second-order valence-electron chi connectivity index (χ2n) is 3.54. The highest BCUT2D eigenvalue weighted by Gasteiger charge is 2.08. The SMILES string of the molecule is Cc1noc(-c2ccn3c(C)nnc3c2)n1. The summed E-state index contributed by atoms with van der Waals surface area (Å²) in [6.45, 7) is 3.68. The number of hydrogen-bond donors (Lipinski definition) is 0. The molecule has 3 aromatic rings. The van der Waals surface area contributed by atoms with Crippen LogP contribution in [0.1, 0.15) is 11.6 Å². The summed E-state index contributed by atoms with van der Waals surface area (Å²) in [5, 5.41) is 11.8. The summed E-state index contributed by atoms with van der Waals surface area (Å²) in [7, 11) is 0. The Hall–Kier alpha value is -2.24. The molecule has 0 bridgehead atoms. The number of fused-ring (bicyclic) bond motifs is 1. The summed E-state index contributed by atoms with van der Waals surface area (Å²) in [5.41, 5.74) is 1.62. The molecule has 80 valence electrons. The molecule has 0 saturated carbocycles. The van der Waals surface area contributed by atoms with Crippen LogP contribution < -0.4 is 0 Å². The number of hydrogen-bond acceptors (Lipinski definition) is 5. The third kappa shape index (κ3) is 1.27. The van der Waals surface area contributed by atoms with Crippen molar-refractivity contribution in [3.05, 3.63) is 30.0 Å². The molecule has 6 nitrogen and oxygen atoms in total. The summed E-state index contributed by atoms with van der Waals surface area (Å²) >= 11 is 0. The van der Waals surface area contributed by atoms with Crippen molar-refractivity contribution in [2.75, 3.05) is 0 Å². The molecule has 0 aliphatic rings. The summed E-state index contributed by atoms with van der Waals surface area (Å²) in [4.78, 5) is 4.16. The smallest absolute Gasteiger partial charge is 0.258 e. The molecule has 0 atom stereocenters. The van der Waals surface area contributed by atoms with Crippen molar-refractivity contribution < 1.29 is 4.52 Å². The number of nitrogens with zero attached hydrogens (tertiary/aromatic N) is 5. The van der Waals surface area contributed by atoms with Crippen LogP contribution in [-0.2, 0) is 0 Å². The normalized spacial score (nSPS) is 11.1. The molecule has 0 aromatic carbocycles. The van der Waals surface area contributed by atoms with E-state index in [4.69, 9.17) is 4.52 Å². The van der Waals surface area contributed by atoms with Crippen LogP contribution >= 0.6 is 0 Å². The predicted octanol–water partition coefficient (Wildman–Crippen LogP) is 1.40. The van der Waals surface area contributed by atoms with Crippen molar-refractivity contribution in [1.29, 1.82) is 0 Å². The Morgan fingerprint density at radius 2 is 2.12 bits per heavy atom. The third-order valence-corrected chi connectivity index (χ3v) is 2.35. The molecule has 0 unspecified atom stereocenters. The molecule has 3 aromatic heterocycles. The lowest BCUT2D eigenvalue weighted by Crippen LogP contribution is -1.88. The zero-order valence-electron chi connectivity index (χ0n) is 8.88. The van der Waals surface area contributed by atoms with Crippen LogP contribution in [0.5, 0.6) is 0 Å². The van der Waals surface area contributed by atoms with Crippen molar-refractivity contribution in [2.24, 2.45) is 0 Å². The third-order valence-electron chi connectivity index (χ3n) is 2.35. The van der Waals surface area contributed by atoms with E-state index in [1.54, 1.807) is 6.92 Å². The number of pyridine rings is 1. The maximum absolute atomic E-state index is 5.09. The highest BCUT2D eigenvalue weighted by Crippen LogP contribution is 2.18. The average molecular weight is 215 g/mol. The summed E-state index contributed by atoms with van der Waals surface area (Å²) in [6.07, 6.45) is 1.89. The molecule has 16 heavy (non-hydrogen) atoms.